The third kappa shape index (κ3) is 8.86. The molecule has 15 nitrogen and oxygen atoms in total. The second-order valence-electron chi connectivity index (χ2n) is 20.8. The second kappa shape index (κ2) is 17.7. The first-order chi connectivity index (χ1) is 31.9. The molecule has 2 saturated heterocycles. The average molecular weight is 908 g/mol. The van der Waals surface area contributed by atoms with Crippen LogP contribution in [0.3, 0.4) is 0 Å². The molecular formula is C52H65N11O4. The number of nitrogens with zero attached hydrogens (tertiary/aromatic N) is 9. The Balaban J connectivity index is 0.924. The summed E-state index contributed by atoms with van der Waals surface area (Å²) in [4.78, 5) is 64.2. The molecule has 15 heteroatoms. The van der Waals surface area contributed by atoms with Crippen molar-refractivity contribution in [2.75, 3.05) is 58.1 Å². The number of aliphatic hydroxyl groups excluding tert-OH is 1. The number of hydrogen-bond donors (Lipinski definition) is 3. The van der Waals surface area contributed by atoms with E-state index < -0.39 is 6.61 Å². The molecule has 1 unspecified atom stereocenters. The summed E-state index contributed by atoms with van der Waals surface area (Å²) in [5.41, 5.74) is 7.41. The lowest BCUT2D eigenvalue weighted by molar-refractivity contribution is -0.111. The maximum atomic E-state index is 14.1. The Labute approximate surface area is 393 Å². The molecule has 4 aromatic heterocycles. The fraction of sp³-hybridized carbons (Fsp3) is 0.462. The maximum absolute atomic E-state index is 14.1. The van der Waals surface area contributed by atoms with Crippen LogP contribution in [0.25, 0.3) is 11.3 Å². The van der Waals surface area contributed by atoms with Crippen LogP contribution in [0.4, 0.5) is 34.5 Å². The molecule has 3 N–H and O–H groups in total. The van der Waals surface area contributed by atoms with E-state index in [-0.39, 0.29) is 40.1 Å². The summed E-state index contributed by atoms with van der Waals surface area (Å²) in [6, 6.07) is 16.8. The number of aryl methyl sites for hydroxylation is 1. The molecule has 67 heavy (non-hydrogen) atoms. The minimum absolute atomic E-state index is 0.00941. The van der Waals surface area contributed by atoms with Crippen LogP contribution >= 0.6 is 0 Å². The van der Waals surface area contributed by atoms with Crippen LogP contribution in [0.15, 0.2) is 78.4 Å². The highest BCUT2D eigenvalue weighted by atomic mass is 16.3. The highest BCUT2D eigenvalue weighted by molar-refractivity contribution is 6.06. The first-order valence-corrected chi connectivity index (χ1v) is 23.7. The van der Waals surface area contributed by atoms with Crippen molar-refractivity contribution in [3.8, 4) is 11.3 Å². The van der Waals surface area contributed by atoms with Gasteiger partial charge in [-0.05, 0) is 99.0 Å². The van der Waals surface area contributed by atoms with Crippen LogP contribution in [0.1, 0.15) is 94.3 Å². The van der Waals surface area contributed by atoms with Crippen LogP contribution in [0, 0.1) is 5.41 Å². The number of carbonyl (C=O) groups is 2. The van der Waals surface area contributed by atoms with Gasteiger partial charge in [0.15, 0.2) is 5.82 Å². The summed E-state index contributed by atoms with van der Waals surface area (Å²) >= 11 is 0. The van der Waals surface area contributed by atoms with E-state index in [4.69, 9.17) is 9.97 Å². The summed E-state index contributed by atoms with van der Waals surface area (Å²) in [5, 5.41) is 17.1. The van der Waals surface area contributed by atoms with E-state index in [0.29, 0.717) is 64.9 Å². The second-order valence-corrected chi connectivity index (χ2v) is 20.8. The van der Waals surface area contributed by atoms with Crippen LogP contribution < -0.4 is 30.9 Å². The van der Waals surface area contributed by atoms with E-state index in [2.05, 4.69) is 108 Å². The third-order valence-electron chi connectivity index (χ3n) is 14.3. The number of piperazine rings is 1. The van der Waals surface area contributed by atoms with Crippen molar-refractivity contribution in [2.24, 2.45) is 12.5 Å². The molecule has 3 atom stereocenters. The number of fused-ring (bicyclic) bond motifs is 3. The molecule has 2 amide bonds. The van der Waals surface area contributed by atoms with E-state index in [1.165, 1.54) is 21.9 Å². The highest BCUT2D eigenvalue weighted by Crippen LogP contribution is 2.41. The maximum Gasteiger partial charge on any atom is 0.293 e. The number of nitrogens with one attached hydrogen (secondary N) is 2. The molecule has 1 aliphatic carbocycles. The summed E-state index contributed by atoms with van der Waals surface area (Å²) in [6.07, 6.45) is 8.45. The smallest absolute Gasteiger partial charge is 0.293 e. The van der Waals surface area contributed by atoms with Gasteiger partial charge in [-0.25, -0.2) is 15.0 Å². The highest BCUT2D eigenvalue weighted by Gasteiger charge is 2.38. The molecule has 5 aromatic rings. The van der Waals surface area contributed by atoms with Gasteiger partial charge in [-0.2, -0.15) is 0 Å². The van der Waals surface area contributed by atoms with Gasteiger partial charge in [-0.1, -0.05) is 47.3 Å². The molecule has 0 saturated carbocycles. The van der Waals surface area contributed by atoms with Gasteiger partial charge in [0.05, 0.1) is 23.7 Å². The molecule has 4 aliphatic rings. The van der Waals surface area contributed by atoms with E-state index in [1.807, 2.05) is 24.3 Å². The summed E-state index contributed by atoms with van der Waals surface area (Å²) < 4.78 is 3.59. The molecule has 0 bridgehead atoms. The quantitative estimate of drug-likeness (QED) is 0.124. The van der Waals surface area contributed by atoms with Crippen molar-refractivity contribution in [3.05, 3.63) is 112 Å². The van der Waals surface area contributed by atoms with Crippen LogP contribution in [0.5, 0.6) is 0 Å². The first-order valence-electron chi connectivity index (χ1n) is 23.7. The molecule has 352 valence electrons. The minimum atomic E-state index is -0.398. The number of piperidine rings is 1. The third-order valence-corrected chi connectivity index (χ3v) is 14.3. The van der Waals surface area contributed by atoms with Crippen molar-refractivity contribution >= 4 is 46.3 Å². The van der Waals surface area contributed by atoms with Crippen molar-refractivity contribution in [1.82, 2.24) is 29.0 Å². The van der Waals surface area contributed by atoms with E-state index >= 15 is 0 Å². The number of rotatable bonds is 10. The predicted molar refractivity (Wildman–Crippen MR) is 266 cm³/mol. The largest absolute Gasteiger partial charge is 0.392 e. The van der Waals surface area contributed by atoms with Gasteiger partial charge in [-0.15, -0.1) is 0 Å². The van der Waals surface area contributed by atoms with Gasteiger partial charge in [0.25, 0.3) is 11.5 Å². The van der Waals surface area contributed by atoms with Gasteiger partial charge in [-0.3, -0.25) is 24.2 Å². The Morgan fingerprint density at radius 3 is 2.51 bits per heavy atom. The number of carbonyl (C=O) groups excluding carboxylic acids is 2. The van der Waals surface area contributed by atoms with Gasteiger partial charge in [0.2, 0.25) is 5.91 Å². The van der Waals surface area contributed by atoms with Crippen molar-refractivity contribution in [3.63, 3.8) is 0 Å². The zero-order valence-electron chi connectivity index (χ0n) is 40.3. The molecule has 0 radical (unpaired) electrons. The predicted octanol–water partition coefficient (Wildman–Crippen LogP) is 7.05. The number of amides is 2. The Hall–Kier alpha value is -6.32. The topological polar surface area (TPSA) is 157 Å². The number of pyridine rings is 2. The number of aromatic nitrogens is 5. The summed E-state index contributed by atoms with van der Waals surface area (Å²) in [7, 11) is 1.65. The average Bonchev–Trinajstić information content (AvgIpc) is 3.79. The minimum Gasteiger partial charge on any atom is -0.392 e. The molecule has 2 fully saturated rings. The lowest BCUT2D eigenvalue weighted by Crippen LogP contribution is -2.58. The standard InChI is InChI=1S/C52H65N11O4/c1-10-46(65)55-39-26-35(14-15-41(39)60-21-20-59(29-33(60)3)36-17-19-61(32(2)24-36)45-13-11-12-44(57-45)51(4,5)6)54-47-50(67)58(9)30-40(56-47)37-16-18-53-48(38(37)31-64)63-23-22-62-42(49(63)66)25-34-27-52(7,8)28-43(34)62/h10-16,18,25-26,30,32-33,36,64H,1,17,19-24,27-29,31H2,2-9H3,(H,54,56)(H,55,65)/t32-,33+,36?/m1/s1. The summed E-state index contributed by atoms with van der Waals surface area (Å²) in [5.74, 6) is 0.977. The SMILES string of the molecule is C=CC(=O)Nc1cc(Nc2nc(-c3ccnc(N4CCn5c(cc6c5CC(C)(C)C6)C4=O)c3CO)cn(C)c2=O)ccc1N1CCN(C2CCN(c3cccc(C(C)(C)C)n3)[C@H](C)C2)C[C@@H]1C. The zero-order valence-corrected chi connectivity index (χ0v) is 40.3. The van der Waals surface area contributed by atoms with Crippen LogP contribution in [-0.4, -0.2) is 96.8 Å². The summed E-state index contributed by atoms with van der Waals surface area (Å²) in [6.45, 7) is 23.5. The molecule has 1 aromatic carbocycles. The number of hydrogen-bond acceptors (Lipinski definition) is 11. The lowest BCUT2D eigenvalue weighted by Gasteiger charge is -2.48. The molecular weight excluding hydrogens is 843 g/mol. The van der Waals surface area contributed by atoms with Gasteiger partial charge < -0.3 is 34.7 Å². The number of anilines is 6. The van der Waals surface area contributed by atoms with E-state index in [0.717, 1.165) is 69.1 Å². The molecule has 0 spiro atoms. The van der Waals surface area contributed by atoms with Crippen LogP contribution in [0.2, 0.25) is 0 Å². The fourth-order valence-electron chi connectivity index (χ4n) is 10.8. The van der Waals surface area contributed by atoms with Crippen molar-refractivity contribution in [1.29, 1.82) is 0 Å². The Morgan fingerprint density at radius 1 is 0.970 bits per heavy atom. The van der Waals surface area contributed by atoms with Crippen LogP contribution in [-0.2, 0) is 43.3 Å². The Bertz CT molecular complexity index is 2800. The van der Waals surface area contributed by atoms with Gasteiger partial charge in [0.1, 0.15) is 17.3 Å². The fourth-order valence-corrected chi connectivity index (χ4v) is 10.8. The monoisotopic (exact) mass is 908 g/mol. The van der Waals surface area contributed by atoms with Gasteiger partial charge >= 0.3 is 0 Å². The Morgan fingerprint density at radius 2 is 1.78 bits per heavy atom. The van der Waals surface area contributed by atoms with Crippen molar-refractivity contribution in [2.45, 2.75) is 111 Å². The normalized spacial score (nSPS) is 20.7. The number of benzene rings is 1. The molecule has 3 aliphatic heterocycles. The molecule has 7 heterocycles. The lowest BCUT2D eigenvalue weighted by atomic mass is 9.90. The van der Waals surface area contributed by atoms with Crippen molar-refractivity contribution < 1.29 is 14.7 Å². The molecule has 9 rings (SSSR count). The Kier molecular flexibility index (Phi) is 12.1. The number of aliphatic hydroxyl groups is 1. The van der Waals surface area contributed by atoms with E-state index in [9.17, 15) is 19.5 Å². The first kappa shape index (κ1) is 45.8. The zero-order chi connectivity index (χ0) is 47.5. The van der Waals surface area contributed by atoms with Gasteiger partial charge in [0, 0.05) is 110 Å². The van der Waals surface area contributed by atoms with E-state index in [1.54, 1.807) is 30.4 Å².